The average Bonchev–Trinajstić information content (AvgIpc) is 3.04. The van der Waals surface area contributed by atoms with Gasteiger partial charge in [0.2, 0.25) is 18.1 Å². The lowest BCUT2D eigenvalue weighted by molar-refractivity contribution is -0.180. The molecule has 1 heterocycles. The molecule has 1 aliphatic heterocycles. The van der Waals surface area contributed by atoms with E-state index in [-0.39, 0.29) is 52.5 Å². The molecule has 1 aromatic carbocycles. The van der Waals surface area contributed by atoms with Crippen LogP contribution in [0.2, 0.25) is 26.2 Å². The van der Waals surface area contributed by atoms with Crippen LogP contribution in [0.1, 0.15) is 93.1 Å². The molecule has 1 saturated heterocycles. The second kappa shape index (κ2) is 17.3. The summed E-state index contributed by atoms with van der Waals surface area (Å²) in [6.45, 7) is 29.9. The number of carbonyl (C=O) groups is 2. The Morgan fingerprint density at radius 3 is 2.35 bits per heavy atom. The Bertz CT molecular complexity index is 1450. The standard InChI is InChI=1S/C43H66O7Si2/c1-14-18-29-19-16-17-20-35(29)47-34(15-2)39(44)48-36-26-31(41(4,5)6)25-30-22-21-28(3)43(37(30)36,50-52(12)13)24-23-32-27-33(42(7,8)9)38(40(45)46-32)49-51(10)11/h14,16-17,19-22,25,28,31-34,36-38H,1,15,18,23-24,26-27H2,2-13H3/t28-,31+,32+,33-,34?,36-,37+,38?,43-/m0/s1. The maximum atomic E-state index is 14.2. The predicted molar refractivity (Wildman–Crippen MR) is 213 cm³/mol. The van der Waals surface area contributed by atoms with Crippen molar-refractivity contribution < 1.29 is 32.7 Å². The number of esters is 2. The number of para-hydroxylation sites is 1. The van der Waals surface area contributed by atoms with Crippen LogP contribution in [0.15, 0.2) is 60.7 Å². The highest BCUT2D eigenvalue weighted by atomic mass is 28.3. The van der Waals surface area contributed by atoms with Gasteiger partial charge in [-0.1, -0.05) is 97.9 Å². The Kier molecular flexibility index (Phi) is 14.1. The van der Waals surface area contributed by atoms with Gasteiger partial charge in [0.1, 0.15) is 24.1 Å². The molecule has 0 bridgehead atoms. The molecular weight excluding hydrogens is 685 g/mol. The molecule has 0 N–H and O–H groups in total. The van der Waals surface area contributed by atoms with E-state index >= 15 is 0 Å². The highest BCUT2D eigenvalue weighted by molar-refractivity contribution is 6.49. The number of fused-ring (bicyclic) bond motifs is 1. The predicted octanol–water partition coefficient (Wildman–Crippen LogP) is 9.70. The van der Waals surface area contributed by atoms with E-state index in [0.717, 1.165) is 17.6 Å². The van der Waals surface area contributed by atoms with Crippen molar-refractivity contribution in [2.45, 2.75) is 150 Å². The minimum absolute atomic E-state index is 0.0350. The van der Waals surface area contributed by atoms with Crippen molar-refractivity contribution in [1.82, 2.24) is 0 Å². The van der Waals surface area contributed by atoms with Gasteiger partial charge >= 0.3 is 11.9 Å². The topological polar surface area (TPSA) is 80.3 Å². The van der Waals surface area contributed by atoms with E-state index < -0.39 is 42.0 Å². The smallest absolute Gasteiger partial charge is 0.347 e. The first kappa shape index (κ1) is 42.3. The summed E-state index contributed by atoms with van der Waals surface area (Å²) in [5.74, 6) is 0.190. The lowest BCUT2D eigenvalue weighted by Crippen LogP contribution is -2.58. The first-order valence-corrected chi connectivity index (χ1v) is 24.2. The van der Waals surface area contributed by atoms with Gasteiger partial charge in [-0.2, -0.15) is 0 Å². The van der Waals surface area contributed by atoms with Gasteiger partial charge in [0.25, 0.3) is 0 Å². The molecule has 2 aliphatic carbocycles. The van der Waals surface area contributed by atoms with Crippen LogP contribution in [-0.2, 0) is 34.3 Å². The van der Waals surface area contributed by atoms with Crippen LogP contribution in [0.5, 0.6) is 5.75 Å². The Morgan fingerprint density at radius 2 is 1.75 bits per heavy atom. The summed E-state index contributed by atoms with van der Waals surface area (Å²) in [4.78, 5) is 27.8. The number of hydrogen-bond acceptors (Lipinski definition) is 7. The third-order valence-corrected chi connectivity index (χ3v) is 12.7. The summed E-state index contributed by atoms with van der Waals surface area (Å²) in [7, 11) is -2.31. The zero-order chi connectivity index (χ0) is 38.6. The van der Waals surface area contributed by atoms with Crippen LogP contribution >= 0.6 is 0 Å². The number of cyclic esters (lactones) is 1. The van der Waals surface area contributed by atoms with E-state index in [4.69, 9.17) is 23.1 Å². The van der Waals surface area contributed by atoms with Crippen LogP contribution in [0.25, 0.3) is 0 Å². The minimum Gasteiger partial charge on any atom is -0.478 e. The Balaban J connectivity index is 1.69. The molecule has 0 amide bonds. The van der Waals surface area contributed by atoms with Gasteiger partial charge in [-0.3, -0.25) is 0 Å². The van der Waals surface area contributed by atoms with Gasteiger partial charge in [-0.25, -0.2) is 9.59 Å². The summed E-state index contributed by atoms with van der Waals surface area (Å²) < 4.78 is 32.7. The number of rotatable bonds is 14. The summed E-state index contributed by atoms with van der Waals surface area (Å²) >= 11 is 0. The maximum Gasteiger partial charge on any atom is 0.347 e. The van der Waals surface area contributed by atoms with Crippen molar-refractivity contribution in [3.63, 3.8) is 0 Å². The van der Waals surface area contributed by atoms with Gasteiger partial charge in [-0.15, -0.1) is 6.58 Å². The molecule has 3 aliphatic rings. The first-order valence-electron chi connectivity index (χ1n) is 19.4. The molecular formula is C43H66O7Si2. The zero-order valence-electron chi connectivity index (χ0n) is 34.0. The van der Waals surface area contributed by atoms with E-state index in [1.165, 1.54) is 0 Å². The molecule has 7 nitrogen and oxygen atoms in total. The van der Waals surface area contributed by atoms with E-state index in [1.807, 2.05) is 37.3 Å². The molecule has 9 atom stereocenters. The molecule has 0 spiro atoms. The number of carbonyl (C=O) groups excluding carboxylic acids is 2. The molecule has 9 heteroatoms. The average molecular weight is 751 g/mol. The van der Waals surface area contributed by atoms with Gasteiger partial charge in [-0.05, 0) is 98.7 Å². The number of hydrogen-bond donors (Lipinski definition) is 0. The molecule has 2 unspecified atom stereocenters. The molecule has 0 aromatic heterocycles. The summed E-state index contributed by atoms with van der Waals surface area (Å²) in [6, 6.07) is 7.81. The van der Waals surface area contributed by atoms with Crippen LogP contribution < -0.4 is 4.74 Å². The lowest BCUT2D eigenvalue weighted by atomic mass is 9.59. The van der Waals surface area contributed by atoms with Crippen molar-refractivity contribution in [1.29, 1.82) is 0 Å². The number of allylic oxidation sites excluding steroid dienone is 3. The van der Waals surface area contributed by atoms with Crippen molar-refractivity contribution in [3.8, 4) is 5.75 Å². The van der Waals surface area contributed by atoms with Gasteiger partial charge < -0.3 is 23.1 Å². The van der Waals surface area contributed by atoms with Gasteiger partial charge in [0.15, 0.2) is 6.10 Å². The quantitative estimate of drug-likeness (QED) is 0.106. The molecule has 0 saturated carbocycles. The van der Waals surface area contributed by atoms with E-state index in [9.17, 15) is 9.59 Å². The first-order chi connectivity index (χ1) is 24.3. The molecule has 2 radical (unpaired) electrons. The van der Waals surface area contributed by atoms with Crippen molar-refractivity contribution >= 4 is 30.0 Å². The lowest BCUT2D eigenvalue weighted by Gasteiger charge is -2.54. The molecule has 1 aromatic rings. The van der Waals surface area contributed by atoms with Crippen LogP contribution in [0.3, 0.4) is 0 Å². The maximum absolute atomic E-state index is 14.2. The summed E-state index contributed by atoms with van der Waals surface area (Å²) in [5, 5.41) is 0. The second-order valence-corrected chi connectivity index (χ2v) is 21.9. The van der Waals surface area contributed by atoms with Gasteiger partial charge in [0.05, 0.1) is 5.60 Å². The van der Waals surface area contributed by atoms with E-state index in [1.54, 1.807) is 0 Å². The number of ether oxygens (including phenoxy) is 3. The van der Waals surface area contributed by atoms with Crippen molar-refractivity contribution in [2.24, 2.45) is 34.5 Å². The summed E-state index contributed by atoms with van der Waals surface area (Å²) in [5.41, 5.74) is 1.35. The Hall–Kier alpha value is -2.47. The fourth-order valence-electron chi connectivity index (χ4n) is 8.38. The van der Waals surface area contributed by atoms with Crippen LogP contribution in [0.4, 0.5) is 0 Å². The normalized spacial score (nSPS) is 30.0. The van der Waals surface area contributed by atoms with Crippen molar-refractivity contribution in [2.75, 3.05) is 0 Å². The Labute approximate surface area is 318 Å². The zero-order valence-corrected chi connectivity index (χ0v) is 36.0. The molecule has 288 valence electrons. The van der Waals surface area contributed by atoms with Gasteiger partial charge in [0, 0.05) is 17.8 Å². The Morgan fingerprint density at radius 1 is 1.06 bits per heavy atom. The largest absolute Gasteiger partial charge is 0.478 e. The fraction of sp³-hybridized carbons (Fsp3) is 0.674. The third kappa shape index (κ3) is 9.98. The summed E-state index contributed by atoms with van der Waals surface area (Å²) in [6.07, 6.45) is 10.7. The van der Waals surface area contributed by atoms with Crippen molar-refractivity contribution in [3.05, 3.63) is 66.3 Å². The third-order valence-electron chi connectivity index (χ3n) is 11.2. The minimum atomic E-state index is -1.21. The SMILES string of the molecule is C=CCc1ccccc1OC(CC)C(=O)O[C@H]1C[C@H](C(C)(C)C)C=C2C=C[C@H](C)[C@](CC[C@@H]3C[C@H](C(C)(C)C)C(O[Si](C)C)C(=O)O3)(O[Si](C)C)[C@H]21. The highest BCUT2D eigenvalue weighted by Gasteiger charge is 2.55. The monoisotopic (exact) mass is 750 g/mol. The fourth-order valence-corrected chi connectivity index (χ4v) is 10.3. The van der Waals surface area contributed by atoms with E-state index in [0.29, 0.717) is 37.9 Å². The molecule has 52 heavy (non-hydrogen) atoms. The van der Waals surface area contributed by atoms with E-state index in [2.05, 4.69) is 99.5 Å². The molecule has 1 fully saturated rings. The number of benzene rings is 1. The molecule has 4 rings (SSSR count). The van der Waals surface area contributed by atoms with Crippen LogP contribution in [0, 0.1) is 34.5 Å². The van der Waals surface area contributed by atoms with Crippen LogP contribution in [-0.4, -0.2) is 60.0 Å². The highest BCUT2D eigenvalue weighted by Crippen LogP contribution is 2.53. The second-order valence-electron chi connectivity index (χ2n) is 17.8.